The number of piperazine rings is 1. The monoisotopic (exact) mass is 437 g/mol. The molecule has 0 saturated carbocycles. The van der Waals surface area contributed by atoms with Gasteiger partial charge in [0.2, 0.25) is 0 Å². The smallest absolute Gasteiger partial charge is 0.150 e. The van der Waals surface area contributed by atoms with E-state index in [1.807, 2.05) is 12.1 Å². The number of nitrogens with one attached hydrogen (secondary N) is 1. The summed E-state index contributed by atoms with van der Waals surface area (Å²) in [4.78, 5) is 3.62. The normalized spacial score (nSPS) is 14.6. The van der Waals surface area contributed by atoms with Gasteiger partial charge in [0, 0.05) is 58.5 Å². The third-order valence-electron chi connectivity index (χ3n) is 5.73. The summed E-state index contributed by atoms with van der Waals surface area (Å²) >= 11 is 8.05. The van der Waals surface area contributed by atoms with Crippen molar-refractivity contribution in [3.63, 3.8) is 0 Å². The fraction of sp³-hybridized carbons (Fsp3) is 0.250. The molecule has 0 bridgehead atoms. The van der Waals surface area contributed by atoms with Crippen molar-refractivity contribution in [1.82, 2.24) is 9.29 Å². The standard InChI is InChI=1S/C24H24ClN3OS/c1-16-15-28(21-13-17(25)7-8-18(16)21)30-23-14-22(27-11-9-26-10-12-27)24(29-2)20-6-4-3-5-19(20)23/h3-8,13-15,26H,9-12H2,1-2H3. The van der Waals surface area contributed by atoms with Gasteiger partial charge in [0.1, 0.15) is 5.75 Å². The fourth-order valence-electron chi connectivity index (χ4n) is 4.25. The summed E-state index contributed by atoms with van der Waals surface area (Å²) in [6.07, 6.45) is 2.19. The Bertz CT molecular complexity index is 1230. The van der Waals surface area contributed by atoms with Crippen LogP contribution in [0.4, 0.5) is 5.69 Å². The minimum absolute atomic E-state index is 0.753. The number of aromatic nitrogens is 1. The molecule has 0 aliphatic carbocycles. The van der Waals surface area contributed by atoms with E-state index >= 15 is 0 Å². The molecule has 0 atom stereocenters. The maximum absolute atomic E-state index is 6.31. The molecule has 0 amide bonds. The number of hydrogen-bond donors (Lipinski definition) is 1. The molecule has 1 aliphatic heterocycles. The number of halogens is 1. The van der Waals surface area contributed by atoms with E-state index in [-0.39, 0.29) is 0 Å². The Morgan fingerprint density at radius 3 is 2.53 bits per heavy atom. The van der Waals surface area contributed by atoms with Crippen molar-refractivity contribution >= 4 is 50.9 Å². The molecule has 5 rings (SSSR count). The average Bonchev–Trinajstić information content (AvgIpc) is 3.08. The first-order chi connectivity index (χ1) is 14.7. The Labute approximate surface area is 185 Å². The van der Waals surface area contributed by atoms with Crippen molar-refractivity contribution in [3.05, 3.63) is 65.3 Å². The highest BCUT2D eigenvalue weighted by molar-refractivity contribution is 7.98. The molecule has 2 heterocycles. The second kappa shape index (κ2) is 8.06. The van der Waals surface area contributed by atoms with E-state index in [9.17, 15) is 0 Å². The lowest BCUT2D eigenvalue weighted by Crippen LogP contribution is -2.43. The van der Waals surface area contributed by atoms with Gasteiger partial charge in [-0.25, -0.2) is 0 Å². The number of nitrogens with zero attached hydrogens (tertiary/aromatic N) is 2. The maximum Gasteiger partial charge on any atom is 0.150 e. The van der Waals surface area contributed by atoms with Gasteiger partial charge in [-0.1, -0.05) is 41.9 Å². The molecule has 1 aliphatic rings. The lowest BCUT2D eigenvalue weighted by Gasteiger charge is -2.31. The highest BCUT2D eigenvalue weighted by atomic mass is 35.5. The van der Waals surface area contributed by atoms with Crippen molar-refractivity contribution in [3.8, 4) is 5.75 Å². The number of benzene rings is 3. The van der Waals surface area contributed by atoms with Crippen LogP contribution >= 0.6 is 23.5 Å². The Balaban J connectivity index is 1.68. The molecule has 1 aromatic heterocycles. The Hall–Kier alpha value is -2.34. The highest BCUT2D eigenvalue weighted by Crippen LogP contribution is 2.43. The van der Waals surface area contributed by atoms with Crippen LogP contribution in [0.5, 0.6) is 5.75 Å². The molecule has 30 heavy (non-hydrogen) atoms. The number of methoxy groups -OCH3 is 1. The van der Waals surface area contributed by atoms with Crippen molar-refractivity contribution < 1.29 is 4.74 Å². The Morgan fingerprint density at radius 1 is 1.00 bits per heavy atom. The number of fused-ring (bicyclic) bond motifs is 2. The van der Waals surface area contributed by atoms with E-state index in [2.05, 4.69) is 63.7 Å². The number of aryl methyl sites for hydroxylation is 1. The second-order valence-corrected chi connectivity index (χ2v) is 9.05. The van der Waals surface area contributed by atoms with Gasteiger partial charge in [-0.3, -0.25) is 3.97 Å². The van der Waals surface area contributed by atoms with Crippen molar-refractivity contribution in [2.24, 2.45) is 0 Å². The number of ether oxygens (including phenoxy) is 1. The average molecular weight is 438 g/mol. The molecule has 0 spiro atoms. The van der Waals surface area contributed by atoms with Crippen LogP contribution in [0.1, 0.15) is 5.56 Å². The van der Waals surface area contributed by atoms with Gasteiger partial charge in [-0.2, -0.15) is 0 Å². The summed E-state index contributed by atoms with van der Waals surface area (Å²) in [5, 5.41) is 7.76. The van der Waals surface area contributed by atoms with Crippen molar-refractivity contribution in [2.75, 3.05) is 38.2 Å². The molecule has 1 N–H and O–H groups in total. The van der Waals surface area contributed by atoms with Crippen LogP contribution in [0.15, 0.2) is 59.6 Å². The molecule has 1 fully saturated rings. The van der Waals surface area contributed by atoms with Crippen LogP contribution in [0.25, 0.3) is 21.7 Å². The minimum atomic E-state index is 0.753. The van der Waals surface area contributed by atoms with Gasteiger partial charge in [0.25, 0.3) is 0 Å². The quantitative estimate of drug-likeness (QED) is 0.441. The molecule has 6 heteroatoms. The first-order valence-corrected chi connectivity index (χ1v) is 11.3. The number of hydrogen-bond acceptors (Lipinski definition) is 4. The molecule has 0 unspecified atom stereocenters. The summed E-state index contributed by atoms with van der Waals surface area (Å²) in [6.45, 7) is 6.06. The molecule has 3 aromatic carbocycles. The minimum Gasteiger partial charge on any atom is -0.494 e. The van der Waals surface area contributed by atoms with E-state index in [4.69, 9.17) is 16.3 Å². The van der Waals surface area contributed by atoms with E-state index < -0.39 is 0 Å². The van der Waals surface area contributed by atoms with Crippen LogP contribution in [0, 0.1) is 6.92 Å². The second-order valence-electron chi connectivity index (χ2n) is 7.60. The van der Waals surface area contributed by atoms with Crippen LogP contribution in [-0.2, 0) is 0 Å². The topological polar surface area (TPSA) is 29.4 Å². The molecule has 4 aromatic rings. The van der Waals surface area contributed by atoms with E-state index in [0.717, 1.165) is 53.5 Å². The highest BCUT2D eigenvalue weighted by Gasteiger charge is 2.20. The van der Waals surface area contributed by atoms with Gasteiger partial charge >= 0.3 is 0 Å². The van der Waals surface area contributed by atoms with E-state index in [1.54, 1.807) is 19.1 Å². The number of anilines is 1. The van der Waals surface area contributed by atoms with Crippen LogP contribution in [0.2, 0.25) is 5.02 Å². The van der Waals surface area contributed by atoms with Gasteiger partial charge < -0.3 is 15.0 Å². The third kappa shape index (κ3) is 3.41. The van der Waals surface area contributed by atoms with E-state index in [1.165, 1.54) is 21.2 Å². The van der Waals surface area contributed by atoms with E-state index in [0.29, 0.717) is 0 Å². The zero-order chi connectivity index (χ0) is 20.7. The Morgan fingerprint density at radius 2 is 1.77 bits per heavy atom. The molecular weight excluding hydrogens is 414 g/mol. The maximum atomic E-state index is 6.31. The lowest BCUT2D eigenvalue weighted by molar-refractivity contribution is 0.417. The largest absolute Gasteiger partial charge is 0.494 e. The van der Waals surface area contributed by atoms with Crippen LogP contribution in [0.3, 0.4) is 0 Å². The number of rotatable bonds is 4. The summed E-state index contributed by atoms with van der Waals surface area (Å²) in [7, 11) is 1.77. The van der Waals surface area contributed by atoms with Gasteiger partial charge in [-0.15, -0.1) is 0 Å². The summed E-state index contributed by atoms with van der Waals surface area (Å²) in [5.74, 6) is 0.952. The van der Waals surface area contributed by atoms with Crippen LogP contribution in [-0.4, -0.2) is 37.3 Å². The molecule has 0 radical (unpaired) electrons. The lowest BCUT2D eigenvalue weighted by atomic mass is 10.1. The van der Waals surface area contributed by atoms with Crippen molar-refractivity contribution in [1.29, 1.82) is 0 Å². The predicted molar refractivity (Wildman–Crippen MR) is 129 cm³/mol. The SMILES string of the molecule is COc1c(N2CCNCC2)cc(Sn2cc(C)c3ccc(Cl)cc32)c2ccccc12. The zero-order valence-corrected chi connectivity index (χ0v) is 18.7. The first-order valence-electron chi connectivity index (χ1n) is 10.2. The molecular formula is C24H24ClN3OS. The summed E-state index contributed by atoms with van der Waals surface area (Å²) < 4.78 is 8.14. The molecule has 1 saturated heterocycles. The van der Waals surface area contributed by atoms with Gasteiger partial charge in [0.05, 0.1) is 18.3 Å². The summed E-state index contributed by atoms with van der Waals surface area (Å²) in [6, 6.07) is 16.9. The summed E-state index contributed by atoms with van der Waals surface area (Å²) in [5.41, 5.74) is 3.54. The first kappa shape index (κ1) is 19.6. The predicted octanol–water partition coefficient (Wildman–Crippen LogP) is 5.73. The zero-order valence-electron chi connectivity index (χ0n) is 17.1. The fourth-order valence-corrected chi connectivity index (χ4v) is 5.53. The van der Waals surface area contributed by atoms with Gasteiger partial charge in [0.15, 0.2) is 0 Å². The molecule has 4 nitrogen and oxygen atoms in total. The third-order valence-corrected chi connectivity index (χ3v) is 7.00. The van der Waals surface area contributed by atoms with Crippen LogP contribution < -0.4 is 15.0 Å². The molecule has 154 valence electrons. The van der Waals surface area contributed by atoms with Crippen molar-refractivity contribution in [2.45, 2.75) is 11.8 Å². The van der Waals surface area contributed by atoms with Gasteiger partial charge in [-0.05, 0) is 42.6 Å². The Kier molecular flexibility index (Phi) is 5.27.